The molecule has 1 amide bonds. The van der Waals surface area contributed by atoms with Crippen molar-refractivity contribution in [3.8, 4) is 0 Å². The Morgan fingerprint density at radius 3 is 2.85 bits per heavy atom. The molecule has 0 atom stereocenters. The number of rotatable bonds is 8. The first-order valence-corrected chi connectivity index (χ1v) is 9.96. The van der Waals surface area contributed by atoms with E-state index in [0.29, 0.717) is 25.3 Å². The fraction of sp³-hybridized carbons (Fsp3) is 0.600. The van der Waals surface area contributed by atoms with Gasteiger partial charge in [0.25, 0.3) is 0 Å². The first-order valence-electron chi connectivity index (χ1n) is 9.96. The third-order valence-corrected chi connectivity index (χ3v) is 5.08. The number of nitrogens with two attached hydrogens (primary N) is 1. The zero-order valence-electron chi connectivity index (χ0n) is 16.0. The molecule has 1 fully saturated rings. The monoisotopic (exact) mass is 373 g/mol. The Kier molecular flexibility index (Phi) is 7.47. The molecule has 2 aliphatic heterocycles. The Balaban J connectivity index is 1.28. The number of para-hydroxylation sites is 1. The van der Waals surface area contributed by atoms with E-state index in [1.807, 2.05) is 23.1 Å². The molecule has 0 aromatic heterocycles. The number of nitrogens with zero attached hydrogens (tertiary/aromatic N) is 3. The predicted octanol–water partition coefficient (Wildman–Crippen LogP) is 0.983. The number of guanidine groups is 1. The number of nitrogens with one attached hydrogen (secondary N) is 1. The van der Waals surface area contributed by atoms with Crippen LogP contribution in [-0.4, -0.2) is 69.2 Å². The minimum absolute atomic E-state index is 0.173. The van der Waals surface area contributed by atoms with Crippen molar-refractivity contribution < 1.29 is 9.53 Å². The second-order valence-electron chi connectivity index (χ2n) is 7.03. The summed E-state index contributed by atoms with van der Waals surface area (Å²) in [6, 6.07) is 8.13. The van der Waals surface area contributed by atoms with Crippen molar-refractivity contribution in [1.82, 2.24) is 10.2 Å². The molecule has 27 heavy (non-hydrogen) atoms. The van der Waals surface area contributed by atoms with Gasteiger partial charge in [0.2, 0.25) is 5.91 Å². The highest BCUT2D eigenvalue weighted by molar-refractivity contribution is 5.95. The molecule has 0 spiro atoms. The maximum absolute atomic E-state index is 12.4. The molecule has 7 nitrogen and oxygen atoms in total. The van der Waals surface area contributed by atoms with Crippen molar-refractivity contribution >= 4 is 17.6 Å². The summed E-state index contributed by atoms with van der Waals surface area (Å²) in [6.07, 6.45) is 3.19. The highest BCUT2D eigenvalue weighted by atomic mass is 16.5. The summed E-state index contributed by atoms with van der Waals surface area (Å²) < 4.78 is 5.34. The van der Waals surface area contributed by atoms with Crippen LogP contribution in [0.1, 0.15) is 24.8 Å². The number of hydrogen-bond donors (Lipinski definition) is 2. The van der Waals surface area contributed by atoms with E-state index in [1.165, 1.54) is 5.56 Å². The van der Waals surface area contributed by atoms with E-state index in [-0.39, 0.29) is 5.91 Å². The van der Waals surface area contributed by atoms with Crippen LogP contribution in [0, 0.1) is 0 Å². The number of ether oxygens (including phenoxy) is 1. The highest BCUT2D eigenvalue weighted by Crippen LogP contribution is 2.27. The summed E-state index contributed by atoms with van der Waals surface area (Å²) in [5.74, 6) is 0.642. The fourth-order valence-electron chi connectivity index (χ4n) is 3.56. The normalized spacial score (nSPS) is 17.8. The smallest absolute Gasteiger partial charge is 0.227 e. The molecule has 0 aliphatic carbocycles. The minimum atomic E-state index is 0.173. The summed E-state index contributed by atoms with van der Waals surface area (Å²) in [6.45, 7) is 6.92. The lowest BCUT2D eigenvalue weighted by molar-refractivity contribution is -0.118. The molecular formula is C20H31N5O2. The Hall–Kier alpha value is -2.12. The number of fused-ring (bicyclic) bond motifs is 1. The lowest BCUT2D eigenvalue weighted by Crippen LogP contribution is -2.39. The summed E-state index contributed by atoms with van der Waals surface area (Å²) in [4.78, 5) is 21.1. The quantitative estimate of drug-likeness (QED) is 0.403. The third-order valence-electron chi connectivity index (χ3n) is 5.08. The topological polar surface area (TPSA) is 83.2 Å². The molecule has 1 saturated heterocycles. The van der Waals surface area contributed by atoms with Gasteiger partial charge in [-0.3, -0.25) is 14.7 Å². The van der Waals surface area contributed by atoms with Crippen molar-refractivity contribution in [3.63, 3.8) is 0 Å². The Bertz CT molecular complexity index is 643. The van der Waals surface area contributed by atoms with Crippen LogP contribution in [0.4, 0.5) is 5.69 Å². The molecule has 7 heteroatoms. The molecule has 1 aromatic carbocycles. The number of anilines is 1. The van der Waals surface area contributed by atoms with Crippen molar-refractivity contribution in [2.45, 2.75) is 25.7 Å². The lowest BCUT2D eigenvalue weighted by atomic mass is 10.2. The van der Waals surface area contributed by atoms with Crippen LogP contribution in [0.25, 0.3) is 0 Å². The SMILES string of the molecule is NC(=NCCCC(=O)N1CCc2ccccc21)NCCCN1CCOCC1. The average Bonchev–Trinajstić information content (AvgIpc) is 3.13. The minimum Gasteiger partial charge on any atom is -0.379 e. The van der Waals surface area contributed by atoms with E-state index in [2.05, 4.69) is 21.3 Å². The van der Waals surface area contributed by atoms with Crippen molar-refractivity contribution in [2.24, 2.45) is 10.7 Å². The van der Waals surface area contributed by atoms with Gasteiger partial charge in [-0.25, -0.2) is 0 Å². The molecule has 148 valence electrons. The summed E-state index contributed by atoms with van der Waals surface area (Å²) in [5, 5.41) is 3.15. The van der Waals surface area contributed by atoms with Crippen LogP contribution < -0.4 is 16.0 Å². The number of aliphatic imine (C=N–C) groups is 1. The largest absolute Gasteiger partial charge is 0.379 e. The van der Waals surface area contributed by atoms with E-state index >= 15 is 0 Å². The van der Waals surface area contributed by atoms with Gasteiger partial charge in [-0.2, -0.15) is 0 Å². The van der Waals surface area contributed by atoms with Crippen LogP contribution in [-0.2, 0) is 16.0 Å². The van der Waals surface area contributed by atoms with Crippen molar-refractivity contribution in [2.75, 3.05) is 57.4 Å². The van der Waals surface area contributed by atoms with Gasteiger partial charge in [-0.15, -0.1) is 0 Å². The number of hydrogen-bond acceptors (Lipinski definition) is 4. The number of benzene rings is 1. The van der Waals surface area contributed by atoms with Crippen molar-refractivity contribution in [3.05, 3.63) is 29.8 Å². The van der Waals surface area contributed by atoms with Gasteiger partial charge in [0.1, 0.15) is 0 Å². The molecule has 3 rings (SSSR count). The number of carbonyl (C=O) groups is 1. The van der Waals surface area contributed by atoms with Crippen LogP contribution in [0.5, 0.6) is 0 Å². The van der Waals surface area contributed by atoms with E-state index in [0.717, 1.165) is 64.5 Å². The molecule has 2 aliphatic rings. The summed E-state index contributed by atoms with van der Waals surface area (Å²) >= 11 is 0. The number of carbonyl (C=O) groups excluding carboxylic acids is 1. The van der Waals surface area contributed by atoms with Gasteiger partial charge in [-0.1, -0.05) is 18.2 Å². The summed E-state index contributed by atoms with van der Waals surface area (Å²) in [7, 11) is 0. The lowest BCUT2D eigenvalue weighted by Gasteiger charge is -2.26. The zero-order chi connectivity index (χ0) is 18.9. The Morgan fingerprint density at radius 1 is 1.19 bits per heavy atom. The van der Waals surface area contributed by atoms with Crippen LogP contribution in [0.2, 0.25) is 0 Å². The van der Waals surface area contributed by atoms with Gasteiger partial charge in [-0.05, 0) is 37.4 Å². The molecule has 1 aromatic rings. The standard InChI is InChI=1S/C20H31N5O2/c21-20(23-10-4-11-24-13-15-27-16-14-24)22-9-3-7-19(26)25-12-8-17-5-1-2-6-18(17)25/h1-2,5-6H,3-4,7-16H2,(H3,21,22,23). The number of morpholine rings is 1. The summed E-state index contributed by atoms with van der Waals surface area (Å²) in [5.41, 5.74) is 8.23. The van der Waals surface area contributed by atoms with E-state index in [4.69, 9.17) is 10.5 Å². The predicted molar refractivity (Wildman–Crippen MR) is 108 cm³/mol. The molecule has 3 N–H and O–H groups in total. The average molecular weight is 374 g/mol. The van der Waals surface area contributed by atoms with Crippen LogP contribution in [0.15, 0.2) is 29.3 Å². The molecule has 0 unspecified atom stereocenters. The first kappa shape index (κ1) is 19.6. The van der Waals surface area contributed by atoms with E-state index < -0.39 is 0 Å². The highest BCUT2D eigenvalue weighted by Gasteiger charge is 2.23. The van der Waals surface area contributed by atoms with Gasteiger partial charge >= 0.3 is 0 Å². The van der Waals surface area contributed by atoms with Crippen LogP contribution in [0.3, 0.4) is 0 Å². The second-order valence-corrected chi connectivity index (χ2v) is 7.03. The second kappa shape index (κ2) is 10.3. The third kappa shape index (κ3) is 5.94. The Morgan fingerprint density at radius 2 is 2.00 bits per heavy atom. The van der Waals surface area contributed by atoms with E-state index in [9.17, 15) is 4.79 Å². The molecular weight excluding hydrogens is 342 g/mol. The van der Waals surface area contributed by atoms with Crippen molar-refractivity contribution in [1.29, 1.82) is 0 Å². The van der Waals surface area contributed by atoms with Gasteiger partial charge in [0.05, 0.1) is 13.2 Å². The molecule has 0 radical (unpaired) electrons. The van der Waals surface area contributed by atoms with Gasteiger partial charge < -0.3 is 20.7 Å². The van der Waals surface area contributed by atoms with Crippen LogP contribution >= 0.6 is 0 Å². The van der Waals surface area contributed by atoms with E-state index in [1.54, 1.807) is 0 Å². The maximum Gasteiger partial charge on any atom is 0.227 e. The van der Waals surface area contributed by atoms with Gasteiger partial charge in [0, 0.05) is 44.8 Å². The zero-order valence-corrected chi connectivity index (χ0v) is 16.0. The number of amides is 1. The molecule has 0 bridgehead atoms. The first-order chi connectivity index (χ1) is 13.2. The maximum atomic E-state index is 12.4. The van der Waals surface area contributed by atoms with Gasteiger partial charge in [0.15, 0.2) is 5.96 Å². The molecule has 0 saturated carbocycles. The fourth-order valence-corrected chi connectivity index (χ4v) is 3.56. The Labute approximate surface area is 161 Å². The molecule has 2 heterocycles.